The standard InChI is InChI=1S/C19H19NO4S2/c1-12-6-7-17(26-12)16(21)11-24-19(23)13-8-18(22)20(10-13)14-4-3-5-15(9-14)25-2/h3-7,9,13H,8,10-11H2,1-2H3/t13-/m1/s1. The van der Waals surface area contributed by atoms with Gasteiger partial charge in [0, 0.05) is 28.4 Å². The number of thiophene rings is 1. The maximum absolute atomic E-state index is 12.3. The molecule has 1 aromatic carbocycles. The average molecular weight is 389 g/mol. The number of hydrogen-bond donors (Lipinski definition) is 0. The lowest BCUT2D eigenvalue weighted by Crippen LogP contribution is -2.27. The van der Waals surface area contributed by atoms with Gasteiger partial charge in [0.15, 0.2) is 6.61 Å². The van der Waals surface area contributed by atoms with Gasteiger partial charge in [0.05, 0.1) is 10.8 Å². The molecule has 1 saturated heterocycles. The first-order valence-electron chi connectivity index (χ1n) is 8.18. The molecule has 0 radical (unpaired) electrons. The van der Waals surface area contributed by atoms with Crippen molar-refractivity contribution in [3.8, 4) is 0 Å². The zero-order chi connectivity index (χ0) is 18.7. The Bertz CT molecular complexity index is 846. The van der Waals surface area contributed by atoms with E-state index in [4.69, 9.17) is 4.74 Å². The lowest BCUT2D eigenvalue weighted by atomic mass is 10.1. The van der Waals surface area contributed by atoms with E-state index in [9.17, 15) is 14.4 Å². The molecule has 0 spiro atoms. The summed E-state index contributed by atoms with van der Waals surface area (Å²) in [6.45, 7) is 1.91. The number of rotatable bonds is 6. The van der Waals surface area contributed by atoms with E-state index in [1.54, 1.807) is 22.7 Å². The van der Waals surface area contributed by atoms with Crippen LogP contribution in [0, 0.1) is 12.8 Å². The molecule has 0 bridgehead atoms. The van der Waals surface area contributed by atoms with Gasteiger partial charge in [-0.05, 0) is 43.5 Å². The first-order chi connectivity index (χ1) is 12.5. The topological polar surface area (TPSA) is 63.7 Å². The Morgan fingerprint density at radius 1 is 1.31 bits per heavy atom. The number of esters is 1. The van der Waals surface area contributed by atoms with Gasteiger partial charge in [-0.25, -0.2) is 0 Å². The number of nitrogens with zero attached hydrogens (tertiary/aromatic N) is 1. The Kier molecular flexibility index (Phi) is 5.78. The summed E-state index contributed by atoms with van der Waals surface area (Å²) < 4.78 is 5.16. The molecule has 1 amide bonds. The maximum atomic E-state index is 12.3. The Labute approximate surface area is 160 Å². The summed E-state index contributed by atoms with van der Waals surface area (Å²) in [6, 6.07) is 11.2. The highest BCUT2D eigenvalue weighted by molar-refractivity contribution is 7.98. The zero-order valence-electron chi connectivity index (χ0n) is 14.6. The first kappa shape index (κ1) is 18.7. The monoisotopic (exact) mass is 389 g/mol. The SMILES string of the molecule is CSc1cccc(N2C[C@H](C(=O)OCC(=O)c3ccc(C)s3)CC2=O)c1. The van der Waals surface area contributed by atoms with Crippen molar-refractivity contribution in [1.82, 2.24) is 0 Å². The molecule has 0 saturated carbocycles. The molecule has 0 unspecified atom stereocenters. The predicted octanol–water partition coefficient (Wildman–Crippen LogP) is 3.56. The van der Waals surface area contributed by atoms with Crippen LogP contribution in [0.15, 0.2) is 41.3 Å². The van der Waals surface area contributed by atoms with Crippen LogP contribution in [-0.2, 0) is 14.3 Å². The Morgan fingerprint density at radius 2 is 2.12 bits per heavy atom. The third-order valence-electron chi connectivity index (χ3n) is 4.18. The fourth-order valence-electron chi connectivity index (χ4n) is 2.80. The smallest absolute Gasteiger partial charge is 0.311 e. The van der Waals surface area contributed by atoms with Crippen molar-refractivity contribution in [2.75, 3.05) is 24.3 Å². The molecule has 1 aromatic heterocycles. The Balaban J connectivity index is 1.59. The maximum Gasteiger partial charge on any atom is 0.311 e. The molecule has 1 atom stereocenters. The average Bonchev–Trinajstić information content (AvgIpc) is 3.25. The van der Waals surface area contributed by atoms with Crippen LogP contribution in [0.25, 0.3) is 0 Å². The van der Waals surface area contributed by atoms with Crippen LogP contribution in [0.1, 0.15) is 21.0 Å². The van der Waals surface area contributed by atoms with Gasteiger partial charge >= 0.3 is 5.97 Å². The third-order valence-corrected chi connectivity index (χ3v) is 5.95. The molecule has 26 heavy (non-hydrogen) atoms. The van der Waals surface area contributed by atoms with E-state index in [1.165, 1.54) is 11.3 Å². The minimum atomic E-state index is -0.543. The lowest BCUT2D eigenvalue weighted by Gasteiger charge is -2.17. The third kappa shape index (κ3) is 4.16. The minimum Gasteiger partial charge on any atom is -0.457 e. The van der Waals surface area contributed by atoms with Crippen molar-refractivity contribution < 1.29 is 19.1 Å². The second-order valence-electron chi connectivity index (χ2n) is 6.05. The van der Waals surface area contributed by atoms with E-state index >= 15 is 0 Å². The number of carbonyl (C=O) groups is 3. The van der Waals surface area contributed by atoms with Gasteiger partial charge in [-0.3, -0.25) is 14.4 Å². The van der Waals surface area contributed by atoms with E-state index in [2.05, 4.69) is 0 Å². The van der Waals surface area contributed by atoms with Gasteiger partial charge in [0.25, 0.3) is 0 Å². The van der Waals surface area contributed by atoms with E-state index in [1.807, 2.05) is 43.5 Å². The highest BCUT2D eigenvalue weighted by atomic mass is 32.2. The molecular weight excluding hydrogens is 370 g/mol. The second-order valence-corrected chi connectivity index (χ2v) is 8.22. The Morgan fingerprint density at radius 3 is 2.81 bits per heavy atom. The molecule has 1 fully saturated rings. The van der Waals surface area contributed by atoms with E-state index in [0.717, 1.165) is 15.5 Å². The van der Waals surface area contributed by atoms with E-state index in [0.29, 0.717) is 4.88 Å². The van der Waals surface area contributed by atoms with Crippen molar-refractivity contribution in [1.29, 1.82) is 0 Å². The molecule has 5 nitrogen and oxygen atoms in total. The van der Waals surface area contributed by atoms with Crippen molar-refractivity contribution in [3.63, 3.8) is 0 Å². The number of thioether (sulfide) groups is 1. The fourth-order valence-corrected chi connectivity index (χ4v) is 4.05. The number of aryl methyl sites for hydroxylation is 1. The molecule has 3 rings (SSSR count). The number of amides is 1. The quantitative estimate of drug-likeness (QED) is 0.429. The molecule has 2 aromatic rings. The second kappa shape index (κ2) is 8.05. The number of ketones is 1. The highest BCUT2D eigenvalue weighted by Gasteiger charge is 2.36. The summed E-state index contributed by atoms with van der Waals surface area (Å²) in [4.78, 5) is 40.9. The normalized spacial score (nSPS) is 16.8. The van der Waals surface area contributed by atoms with Crippen molar-refractivity contribution in [2.24, 2.45) is 5.92 Å². The van der Waals surface area contributed by atoms with Gasteiger partial charge in [0.1, 0.15) is 0 Å². The summed E-state index contributed by atoms with van der Waals surface area (Å²) in [5.74, 6) is -1.36. The van der Waals surface area contributed by atoms with Gasteiger partial charge < -0.3 is 9.64 Å². The van der Waals surface area contributed by atoms with Gasteiger partial charge in [0.2, 0.25) is 11.7 Å². The molecule has 1 aliphatic rings. The fraction of sp³-hybridized carbons (Fsp3) is 0.316. The summed E-state index contributed by atoms with van der Waals surface area (Å²) in [5, 5.41) is 0. The number of anilines is 1. The summed E-state index contributed by atoms with van der Waals surface area (Å²) in [5.41, 5.74) is 0.780. The van der Waals surface area contributed by atoms with Crippen LogP contribution < -0.4 is 4.90 Å². The van der Waals surface area contributed by atoms with Crippen molar-refractivity contribution in [2.45, 2.75) is 18.2 Å². The number of Topliss-reactive ketones (excluding diaryl/α,β-unsaturated/α-hetero) is 1. The van der Waals surface area contributed by atoms with Crippen molar-refractivity contribution in [3.05, 3.63) is 46.2 Å². The molecular formula is C19H19NO4S2. The molecule has 0 aliphatic carbocycles. The summed E-state index contributed by atoms with van der Waals surface area (Å²) in [6.07, 6.45) is 2.08. The molecule has 2 heterocycles. The summed E-state index contributed by atoms with van der Waals surface area (Å²) >= 11 is 2.97. The van der Waals surface area contributed by atoms with Crippen LogP contribution in [0.2, 0.25) is 0 Å². The number of carbonyl (C=O) groups excluding carboxylic acids is 3. The molecule has 1 aliphatic heterocycles. The number of benzene rings is 1. The van der Waals surface area contributed by atoms with E-state index < -0.39 is 11.9 Å². The lowest BCUT2D eigenvalue weighted by molar-refractivity contribution is -0.147. The largest absolute Gasteiger partial charge is 0.457 e. The van der Waals surface area contributed by atoms with E-state index in [-0.39, 0.29) is 31.3 Å². The first-order valence-corrected chi connectivity index (χ1v) is 10.2. The van der Waals surface area contributed by atoms with Gasteiger partial charge in [-0.2, -0.15) is 0 Å². The molecule has 7 heteroatoms. The van der Waals surface area contributed by atoms with Crippen LogP contribution in [-0.4, -0.2) is 37.1 Å². The zero-order valence-corrected chi connectivity index (χ0v) is 16.2. The van der Waals surface area contributed by atoms with Crippen LogP contribution >= 0.6 is 23.1 Å². The van der Waals surface area contributed by atoms with Crippen molar-refractivity contribution >= 4 is 46.4 Å². The Hall–Kier alpha value is -2.12. The van der Waals surface area contributed by atoms with Crippen LogP contribution in [0.5, 0.6) is 0 Å². The van der Waals surface area contributed by atoms with Gasteiger partial charge in [-0.1, -0.05) is 6.07 Å². The molecule has 0 N–H and O–H groups in total. The van der Waals surface area contributed by atoms with Crippen LogP contribution in [0.3, 0.4) is 0 Å². The van der Waals surface area contributed by atoms with Crippen LogP contribution in [0.4, 0.5) is 5.69 Å². The number of ether oxygens (including phenoxy) is 1. The molecule has 136 valence electrons. The predicted molar refractivity (Wildman–Crippen MR) is 103 cm³/mol. The minimum absolute atomic E-state index is 0.106. The van der Waals surface area contributed by atoms with Gasteiger partial charge in [-0.15, -0.1) is 23.1 Å². The highest BCUT2D eigenvalue weighted by Crippen LogP contribution is 2.28. The summed E-state index contributed by atoms with van der Waals surface area (Å²) in [7, 11) is 0. The number of hydrogen-bond acceptors (Lipinski definition) is 6.